The number of hydrogen-bond donors (Lipinski definition) is 0. The zero-order valence-corrected chi connectivity index (χ0v) is 9.26. The lowest BCUT2D eigenvalue weighted by atomic mass is 10.0. The van der Waals surface area contributed by atoms with Gasteiger partial charge in [0.1, 0.15) is 0 Å². The third-order valence-electron chi connectivity index (χ3n) is 2.07. The lowest BCUT2D eigenvalue weighted by molar-refractivity contribution is 0.773. The largest absolute Gasteiger partial charge is 0.284 e. The van der Waals surface area contributed by atoms with Crippen LogP contribution >= 0.6 is 22.6 Å². The minimum Gasteiger partial charge on any atom is -0.284 e. The van der Waals surface area contributed by atoms with Crippen LogP contribution in [0, 0.1) is 0 Å². The molecular formula is C11H10IN. The number of allylic oxidation sites excluding steroid dienone is 1. The molecule has 0 fully saturated rings. The topological polar surface area (TPSA) is 12.4 Å². The van der Waals surface area contributed by atoms with Gasteiger partial charge in [-0.1, -0.05) is 59.0 Å². The van der Waals surface area contributed by atoms with Gasteiger partial charge in [0.2, 0.25) is 0 Å². The number of aliphatic imine (C=N–C) groups is 1. The van der Waals surface area contributed by atoms with E-state index in [9.17, 15) is 0 Å². The standard InChI is InChI=1S/C11H10IN/c12-10-7-4-8-13-11(10)9-5-2-1-3-6-9/h1-8,10-11H. The van der Waals surface area contributed by atoms with Crippen LogP contribution < -0.4 is 0 Å². The molecule has 2 unspecified atom stereocenters. The molecule has 1 aliphatic rings. The van der Waals surface area contributed by atoms with Crippen LogP contribution in [0.3, 0.4) is 0 Å². The molecule has 0 aliphatic carbocycles. The van der Waals surface area contributed by atoms with Crippen molar-refractivity contribution in [2.75, 3.05) is 0 Å². The van der Waals surface area contributed by atoms with Gasteiger partial charge in [0.05, 0.1) is 9.97 Å². The van der Waals surface area contributed by atoms with E-state index in [1.165, 1.54) is 5.56 Å². The minimum atomic E-state index is 0.298. The molecule has 0 saturated heterocycles. The maximum absolute atomic E-state index is 4.46. The Kier molecular flexibility index (Phi) is 2.78. The molecule has 1 nitrogen and oxygen atoms in total. The summed E-state index contributed by atoms with van der Waals surface area (Å²) in [6.07, 6.45) is 6.08. The highest BCUT2D eigenvalue weighted by molar-refractivity contribution is 14.1. The van der Waals surface area contributed by atoms with Gasteiger partial charge in [0.15, 0.2) is 0 Å². The van der Waals surface area contributed by atoms with Crippen LogP contribution in [-0.4, -0.2) is 10.1 Å². The Bertz CT molecular complexity index is 329. The highest BCUT2D eigenvalue weighted by Crippen LogP contribution is 2.29. The molecule has 0 spiro atoms. The van der Waals surface area contributed by atoms with E-state index in [-0.39, 0.29) is 0 Å². The van der Waals surface area contributed by atoms with E-state index in [1.54, 1.807) is 0 Å². The molecule has 0 bridgehead atoms. The van der Waals surface area contributed by atoms with E-state index < -0.39 is 0 Å². The molecule has 66 valence electrons. The van der Waals surface area contributed by atoms with Crippen LogP contribution in [-0.2, 0) is 0 Å². The Hall–Kier alpha value is -0.640. The van der Waals surface area contributed by atoms with Gasteiger partial charge in [0, 0.05) is 6.21 Å². The van der Waals surface area contributed by atoms with Crippen LogP contribution in [0.1, 0.15) is 11.6 Å². The first-order chi connectivity index (χ1) is 6.38. The first kappa shape index (κ1) is 8.94. The lowest BCUT2D eigenvalue weighted by Gasteiger charge is -2.18. The Balaban J connectivity index is 2.27. The summed E-state index contributed by atoms with van der Waals surface area (Å²) in [6, 6.07) is 10.7. The summed E-state index contributed by atoms with van der Waals surface area (Å²) in [5.74, 6) is 0. The summed E-state index contributed by atoms with van der Waals surface area (Å²) in [7, 11) is 0. The SMILES string of the molecule is IC1C=CC=NC1c1ccccc1. The number of nitrogens with zero attached hydrogens (tertiary/aromatic N) is 1. The molecule has 0 saturated carbocycles. The van der Waals surface area contributed by atoms with Crippen molar-refractivity contribution in [2.24, 2.45) is 4.99 Å². The second-order valence-electron chi connectivity index (χ2n) is 2.98. The van der Waals surface area contributed by atoms with Gasteiger partial charge in [-0.2, -0.15) is 0 Å². The van der Waals surface area contributed by atoms with Crippen molar-refractivity contribution in [3.8, 4) is 0 Å². The van der Waals surface area contributed by atoms with E-state index in [0.717, 1.165) is 0 Å². The fourth-order valence-electron chi connectivity index (χ4n) is 1.41. The van der Waals surface area contributed by atoms with Gasteiger partial charge in [-0.25, -0.2) is 0 Å². The number of benzene rings is 1. The number of alkyl halides is 1. The number of halogens is 1. The minimum absolute atomic E-state index is 0.298. The Morgan fingerprint density at radius 2 is 1.92 bits per heavy atom. The molecule has 1 aromatic carbocycles. The highest BCUT2D eigenvalue weighted by atomic mass is 127. The predicted octanol–water partition coefficient (Wildman–Crippen LogP) is 3.17. The van der Waals surface area contributed by atoms with E-state index in [2.05, 4.69) is 57.9 Å². The molecule has 2 atom stereocenters. The van der Waals surface area contributed by atoms with Crippen molar-refractivity contribution in [1.29, 1.82) is 0 Å². The monoisotopic (exact) mass is 283 g/mol. The number of dihydropyridines is 1. The van der Waals surface area contributed by atoms with Gasteiger partial charge < -0.3 is 0 Å². The summed E-state index contributed by atoms with van der Waals surface area (Å²) < 4.78 is 0.477. The van der Waals surface area contributed by atoms with Crippen LogP contribution in [0.4, 0.5) is 0 Å². The highest BCUT2D eigenvalue weighted by Gasteiger charge is 2.17. The van der Waals surface area contributed by atoms with Crippen LogP contribution in [0.25, 0.3) is 0 Å². The number of rotatable bonds is 1. The number of hydrogen-bond acceptors (Lipinski definition) is 1. The zero-order valence-electron chi connectivity index (χ0n) is 7.10. The van der Waals surface area contributed by atoms with Crippen molar-refractivity contribution >= 4 is 28.8 Å². The molecule has 1 aromatic rings. The maximum Gasteiger partial charge on any atom is 0.0901 e. The average molecular weight is 283 g/mol. The summed E-state index contributed by atoms with van der Waals surface area (Å²) in [6.45, 7) is 0. The lowest BCUT2D eigenvalue weighted by Crippen LogP contribution is -2.10. The fourth-order valence-corrected chi connectivity index (χ4v) is 2.25. The van der Waals surface area contributed by atoms with Crippen molar-refractivity contribution in [2.45, 2.75) is 9.97 Å². The summed E-state index contributed by atoms with van der Waals surface area (Å²) >= 11 is 2.42. The van der Waals surface area contributed by atoms with Crippen molar-refractivity contribution < 1.29 is 0 Å². The average Bonchev–Trinajstić information content (AvgIpc) is 2.20. The van der Waals surface area contributed by atoms with Gasteiger partial charge in [0.25, 0.3) is 0 Å². The van der Waals surface area contributed by atoms with Crippen LogP contribution in [0.5, 0.6) is 0 Å². The van der Waals surface area contributed by atoms with E-state index in [1.807, 2.05) is 18.4 Å². The van der Waals surface area contributed by atoms with Crippen molar-refractivity contribution in [3.63, 3.8) is 0 Å². The zero-order chi connectivity index (χ0) is 9.10. The van der Waals surface area contributed by atoms with Crippen molar-refractivity contribution in [1.82, 2.24) is 0 Å². The molecular weight excluding hydrogens is 273 g/mol. The van der Waals surface area contributed by atoms with Gasteiger partial charge in [-0.15, -0.1) is 0 Å². The van der Waals surface area contributed by atoms with Crippen LogP contribution in [0.15, 0.2) is 47.5 Å². The second-order valence-corrected chi connectivity index (χ2v) is 4.42. The van der Waals surface area contributed by atoms with Gasteiger partial charge in [-0.3, -0.25) is 4.99 Å². The first-order valence-electron chi connectivity index (χ1n) is 4.27. The summed E-state index contributed by atoms with van der Waals surface area (Å²) in [4.78, 5) is 4.46. The maximum atomic E-state index is 4.46. The second kappa shape index (κ2) is 4.05. The molecule has 0 radical (unpaired) electrons. The molecule has 0 N–H and O–H groups in total. The van der Waals surface area contributed by atoms with E-state index in [0.29, 0.717) is 9.97 Å². The Labute approximate surface area is 91.7 Å². The first-order valence-corrected chi connectivity index (χ1v) is 5.51. The van der Waals surface area contributed by atoms with Crippen LogP contribution in [0.2, 0.25) is 0 Å². The normalized spacial score (nSPS) is 26.2. The third kappa shape index (κ3) is 1.99. The quantitative estimate of drug-likeness (QED) is 0.554. The molecule has 1 heterocycles. The fraction of sp³-hybridized carbons (Fsp3) is 0.182. The molecule has 1 aliphatic heterocycles. The van der Waals surface area contributed by atoms with Gasteiger partial charge in [-0.05, 0) is 11.6 Å². The van der Waals surface area contributed by atoms with E-state index >= 15 is 0 Å². The molecule has 0 amide bonds. The molecule has 2 heteroatoms. The van der Waals surface area contributed by atoms with Gasteiger partial charge >= 0.3 is 0 Å². The predicted molar refractivity (Wildman–Crippen MR) is 64.6 cm³/mol. The third-order valence-corrected chi connectivity index (χ3v) is 3.17. The molecule has 0 aromatic heterocycles. The van der Waals surface area contributed by atoms with Crippen molar-refractivity contribution in [3.05, 3.63) is 48.0 Å². The molecule has 13 heavy (non-hydrogen) atoms. The molecule has 2 rings (SSSR count). The smallest absolute Gasteiger partial charge is 0.0901 e. The van der Waals surface area contributed by atoms with E-state index in [4.69, 9.17) is 0 Å². The summed E-state index contributed by atoms with van der Waals surface area (Å²) in [5, 5.41) is 0. The summed E-state index contributed by atoms with van der Waals surface area (Å²) in [5.41, 5.74) is 1.29. The Morgan fingerprint density at radius 3 is 2.62 bits per heavy atom. The Morgan fingerprint density at radius 1 is 1.15 bits per heavy atom.